The van der Waals surface area contributed by atoms with Gasteiger partial charge in [-0.1, -0.05) is 18.2 Å². The number of carbonyl (C=O) groups is 2. The van der Waals surface area contributed by atoms with Crippen LogP contribution in [0.3, 0.4) is 0 Å². The first-order valence-electron chi connectivity index (χ1n) is 8.83. The van der Waals surface area contributed by atoms with Crippen molar-refractivity contribution >= 4 is 17.9 Å². The SMILES string of the molecule is O=Cc1c(F)cccc1N1CCN(C(=O)C2COc3ccccc3O2)CC1. The van der Waals surface area contributed by atoms with Crippen molar-refractivity contribution in [3.63, 3.8) is 0 Å². The highest BCUT2D eigenvalue weighted by molar-refractivity contribution is 5.85. The monoisotopic (exact) mass is 370 g/mol. The van der Waals surface area contributed by atoms with E-state index in [-0.39, 0.29) is 18.1 Å². The molecule has 0 saturated carbocycles. The van der Waals surface area contributed by atoms with Gasteiger partial charge in [-0.15, -0.1) is 0 Å². The number of hydrogen-bond donors (Lipinski definition) is 0. The van der Waals surface area contributed by atoms with Crippen molar-refractivity contribution in [3.8, 4) is 11.5 Å². The van der Waals surface area contributed by atoms with E-state index >= 15 is 0 Å². The highest BCUT2D eigenvalue weighted by Gasteiger charge is 2.33. The number of para-hydroxylation sites is 2. The van der Waals surface area contributed by atoms with E-state index in [1.165, 1.54) is 6.07 Å². The predicted molar refractivity (Wildman–Crippen MR) is 96.9 cm³/mol. The largest absolute Gasteiger partial charge is 0.485 e. The van der Waals surface area contributed by atoms with Crippen LogP contribution in [0, 0.1) is 5.82 Å². The van der Waals surface area contributed by atoms with Crippen LogP contribution in [0.4, 0.5) is 10.1 Å². The second-order valence-corrected chi connectivity index (χ2v) is 6.47. The summed E-state index contributed by atoms with van der Waals surface area (Å²) >= 11 is 0. The average molecular weight is 370 g/mol. The molecule has 7 heteroatoms. The van der Waals surface area contributed by atoms with E-state index in [0.29, 0.717) is 49.7 Å². The van der Waals surface area contributed by atoms with Gasteiger partial charge in [0.2, 0.25) is 6.10 Å². The molecule has 2 heterocycles. The second-order valence-electron chi connectivity index (χ2n) is 6.47. The lowest BCUT2D eigenvalue weighted by Gasteiger charge is -2.38. The number of halogens is 1. The van der Waals surface area contributed by atoms with E-state index in [9.17, 15) is 14.0 Å². The summed E-state index contributed by atoms with van der Waals surface area (Å²) in [6.07, 6.45) is -0.140. The number of ether oxygens (including phenoxy) is 2. The molecule has 0 aromatic heterocycles. The number of fused-ring (bicyclic) bond motifs is 1. The number of hydrogen-bond acceptors (Lipinski definition) is 5. The zero-order valence-electron chi connectivity index (χ0n) is 14.6. The smallest absolute Gasteiger partial charge is 0.267 e. The molecule has 2 aliphatic rings. The van der Waals surface area contributed by atoms with Crippen LogP contribution in [0.1, 0.15) is 10.4 Å². The minimum atomic E-state index is -0.675. The van der Waals surface area contributed by atoms with Gasteiger partial charge in [0.1, 0.15) is 12.4 Å². The summed E-state index contributed by atoms with van der Waals surface area (Å²) in [5, 5.41) is 0. The zero-order valence-corrected chi connectivity index (χ0v) is 14.6. The van der Waals surface area contributed by atoms with Crippen LogP contribution in [0.25, 0.3) is 0 Å². The molecule has 2 aromatic rings. The van der Waals surface area contributed by atoms with Crippen molar-refractivity contribution in [1.29, 1.82) is 0 Å². The quantitative estimate of drug-likeness (QED) is 0.775. The van der Waals surface area contributed by atoms with Crippen LogP contribution in [0.2, 0.25) is 0 Å². The van der Waals surface area contributed by atoms with E-state index in [0.717, 1.165) is 0 Å². The maximum Gasteiger partial charge on any atom is 0.267 e. The van der Waals surface area contributed by atoms with Crippen LogP contribution >= 0.6 is 0 Å². The number of nitrogens with zero attached hydrogens (tertiary/aromatic N) is 2. The summed E-state index contributed by atoms with van der Waals surface area (Å²) in [5.41, 5.74) is 0.612. The number of carbonyl (C=O) groups excluding carboxylic acids is 2. The maximum absolute atomic E-state index is 13.8. The van der Waals surface area contributed by atoms with E-state index in [1.54, 1.807) is 29.2 Å². The van der Waals surface area contributed by atoms with Gasteiger partial charge in [0, 0.05) is 26.2 Å². The molecule has 1 unspecified atom stereocenters. The third-order valence-electron chi connectivity index (χ3n) is 4.86. The molecule has 1 amide bonds. The van der Waals surface area contributed by atoms with E-state index in [1.807, 2.05) is 17.0 Å². The van der Waals surface area contributed by atoms with Crippen LogP contribution in [0.5, 0.6) is 11.5 Å². The Morgan fingerprint density at radius 2 is 1.78 bits per heavy atom. The van der Waals surface area contributed by atoms with Gasteiger partial charge in [-0.2, -0.15) is 0 Å². The summed E-state index contributed by atoms with van der Waals surface area (Å²) in [7, 11) is 0. The molecule has 0 radical (unpaired) electrons. The fourth-order valence-corrected chi connectivity index (χ4v) is 3.43. The van der Waals surface area contributed by atoms with Crippen molar-refractivity contribution in [3.05, 3.63) is 53.8 Å². The molecular weight excluding hydrogens is 351 g/mol. The van der Waals surface area contributed by atoms with Crippen molar-refractivity contribution in [2.75, 3.05) is 37.7 Å². The second kappa shape index (κ2) is 7.26. The Morgan fingerprint density at radius 3 is 2.52 bits per heavy atom. The number of piperazine rings is 1. The zero-order chi connectivity index (χ0) is 18.8. The summed E-state index contributed by atoms with van der Waals surface area (Å²) in [5.74, 6) is 0.543. The molecule has 0 N–H and O–H groups in total. The van der Waals surface area contributed by atoms with Gasteiger partial charge in [0.25, 0.3) is 5.91 Å². The van der Waals surface area contributed by atoms with Gasteiger partial charge in [-0.3, -0.25) is 9.59 Å². The minimum absolute atomic E-state index is 0.0536. The molecule has 27 heavy (non-hydrogen) atoms. The fraction of sp³-hybridized carbons (Fsp3) is 0.300. The maximum atomic E-state index is 13.8. The molecule has 2 aromatic carbocycles. The minimum Gasteiger partial charge on any atom is -0.485 e. The van der Waals surface area contributed by atoms with Gasteiger partial charge < -0.3 is 19.3 Å². The summed E-state index contributed by atoms with van der Waals surface area (Å²) < 4.78 is 25.2. The molecular formula is C20H19FN2O4. The first-order chi connectivity index (χ1) is 13.2. The molecule has 1 atom stereocenters. The summed E-state index contributed by atoms with van der Waals surface area (Å²) in [4.78, 5) is 27.6. The van der Waals surface area contributed by atoms with E-state index in [2.05, 4.69) is 0 Å². The first-order valence-corrected chi connectivity index (χ1v) is 8.83. The third-order valence-corrected chi connectivity index (χ3v) is 4.86. The molecule has 0 aliphatic carbocycles. The Kier molecular flexibility index (Phi) is 4.66. The van der Waals surface area contributed by atoms with Gasteiger partial charge in [0.15, 0.2) is 17.8 Å². The summed E-state index contributed by atoms with van der Waals surface area (Å²) in [6, 6.07) is 11.8. The fourth-order valence-electron chi connectivity index (χ4n) is 3.43. The van der Waals surface area contributed by atoms with Crippen LogP contribution in [-0.2, 0) is 4.79 Å². The predicted octanol–water partition coefficient (Wildman–Crippen LogP) is 2.13. The van der Waals surface area contributed by atoms with Crippen molar-refractivity contribution in [1.82, 2.24) is 4.90 Å². The summed E-state index contributed by atoms with van der Waals surface area (Å²) in [6.45, 7) is 2.14. The molecule has 2 aliphatic heterocycles. The van der Waals surface area contributed by atoms with Crippen LogP contribution < -0.4 is 14.4 Å². The molecule has 1 saturated heterocycles. The Balaban J connectivity index is 1.41. The number of rotatable bonds is 3. The Hall–Kier alpha value is -3.09. The van der Waals surface area contributed by atoms with Crippen molar-refractivity contribution in [2.24, 2.45) is 0 Å². The standard InChI is InChI=1S/C20H19FN2O4/c21-15-4-3-5-16(14(15)12-24)22-8-10-23(11-9-22)20(25)19-13-26-17-6-1-2-7-18(17)27-19/h1-7,12,19H,8-11,13H2. The molecule has 0 bridgehead atoms. The number of anilines is 1. The lowest BCUT2D eigenvalue weighted by molar-refractivity contribution is -0.141. The van der Waals surface area contributed by atoms with Crippen molar-refractivity contribution < 1.29 is 23.5 Å². The highest BCUT2D eigenvalue weighted by Crippen LogP contribution is 2.31. The number of aldehydes is 1. The van der Waals surface area contributed by atoms with Gasteiger partial charge in [-0.25, -0.2) is 4.39 Å². The number of amides is 1. The third kappa shape index (κ3) is 3.32. The number of benzene rings is 2. The molecule has 1 fully saturated rings. The van der Waals surface area contributed by atoms with Gasteiger partial charge >= 0.3 is 0 Å². The van der Waals surface area contributed by atoms with E-state index < -0.39 is 11.9 Å². The molecule has 6 nitrogen and oxygen atoms in total. The molecule has 140 valence electrons. The molecule has 4 rings (SSSR count). The topological polar surface area (TPSA) is 59.1 Å². The highest BCUT2D eigenvalue weighted by atomic mass is 19.1. The first kappa shape index (κ1) is 17.3. The normalized spacial score (nSPS) is 18.9. The van der Waals surface area contributed by atoms with Crippen LogP contribution in [-0.4, -0.2) is 56.0 Å². The van der Waals surface area contributed by atoms with E-state index in [4.69, 9.17) is 9.47 Å². The average Bonchev–Trinajstić information content (AvgIpc) is 2.73. The van der Waals surface area contributed by atoms with Gasteiger partial charge in [0.05, 0.1) is 11.3 Å². The van der Waals surface area contributed by atoms with Gasteiger partial charge in [-0.05, 0) is 24.3 Å². The Labute approximate surface area is 156 Å². The molecule has 0 spiro atoms. The Morgan fingerprint density at radius 1 is 1.04 bits per heavy atom. The lowest BCUT2D eigenvalue weighted by Crippen LogP contribution is -2.54. The van der Waals surface area contributed by atoms with Crippen LogP contribution in [0.15, 0.2) is 42.5 Å². The lowest BCUT2D eigenvalue weighted by atomic mass is 10.1. The Bertz CT molecular complexity index is 865. The van der Waals surface area contributed by atoms with Crippen molar-refractivity contribution in [2.45, 2.75) is 6.10 Å².